The number of nitrogens with zero attached hydrogens (tertiary/aromatic N) is 2. The Morgan fingerprint density at radius 1 is 1.22 bits per heavy atom. The average Bonchev–Trinajstić information content (AvgIpc) is 2.71. The Morgan fingerprint density at radius 3 is 2.53 bits per heavy atom. The third-order valence-corrected chi connectivity index (χ3v) is 4.58. The monoisotopic (exact) mass is 450 g/mol. The largest absolute Gasteiger partial charge is 0.444 e. The van der Waals surface area contributed by atoms with Crippen molar-refractivity contribution in [2.24, 2.45) is 0 Å². The lowest BCUT2D eigenvalue weighted by atomic mass is 10.1. The molecular formula is C22H34N4O6. The Hall–Kier alpha value is -2.85. The van der Waals surface area contributed by atoms with Crippen molar-refractivity contribution in [3.63, 3.8) is 0 Å². The highest BCUT2D eigenvalue weighted by Gasteiger charge is 2.37. The number of rotatable bonds is 9. The second-order valence-corrected chi connectivity index (χ2v) is 8.56. The Labute approximate surface area is 189 Å². The van der Waals surface area contributed by atoms with E-state index in [1.165, 1.54) is 9.96 Å². The number of hydrogen-bond donors (Lipinski definition) is 2. The highest BCUT2D eigenvalue weighted by atomic mass is 16.7. The first-order valence-corrected chi connectivity index (χ1v) is 10.8. The molecule has 10 heteroatoms. The van der Waals surface area contributed by atoms with Gasteiger partial charge in [0, 0.05) is 6.54 Å². The van der Waals surface area contributed by atoms with Crippen LogP contribution in [-0.2, 0) is 25.8 Å². The van der Waals surface area contributed by atoms with Gasteiger partial charge in [0.1, 0.15) is 18.2 Å². The van der Waals surface area contributed by atoms with E-state index in [0.29, 0.717) is 13.0 Å². The van der Waals surface area contributed by atoms with Crippen LogP contribution in [0.5, 0.6) is 0 Å². The lowest BCUT2D eigenvalue weighted by molar-refractivity contribution is -0.161. The number of ether oxygens (including phenoxy) is 1. The van der Waals surface area contributed by atoms with Crippen molar-refractivity contribution in [3.8, 4) is 0 Å². The third kappa shape index (κ3) is 8.01. The van der Waals surface area contributed by atoms with Crippen molar-refractivity contribution >= 4 is 18.0 Å². The summed E-state index contributed by atoms with van der Waals surface area (Å²) in [6.07, 6.45) is -0.166. The van der Waals surface area contributed by atoms with Gasteiger partial charge in [0.15, 0.2) is 0 Å². The lowest BCUT2D eigenvalue weighted by Gasteiger charge is -2.39. The molecule has 0 spiro atoms. The van der Waals surface area contributed by atoms with Crippen LogP contribution in [0.4, 0.5) is 9.59 Å². The van der Waals surface area contributed by atoms with Gasteiger partial charge in [-0.3, -0.25) is 14.5 Å². The van der Waals surface area contributed by atoms with Crippen LogP contribution in [0.1, 0.15) is 46.6 Å². The summed E-state index contributed by atoms with van der Waals surface area (Å²) in [7, 11) is 0. The maximum absolute atomic E-state index is 12.8. The van der Waals surface area contributed by atoms with Crippen LogP contribution in [0, 0.1) is 0 Å². The number of hydrogen-bond acceptors (Lipinski definition) is 6. The van der Waals surface area contributed by atoms with Crippen molar-refractivity contribution in [3.05, 3.63) is 35.9 Å². The molecule has 2 N–H and O–H groups in total. The van der Waals surface area contributed by atoms with Gasteiger partial charge < -0.3 is 15.0 Å². The van der Waals surface area contributed by atoms with E-state index in [2.05, 4.69) is 10.8 Å². The molecule has 1 aliphatic rings. The van der Waals surface area contributed by atoms with E-state index in [1.807, 2.05) is 30.3 Å². The maximum Gasteiger partial charge on any atom is 0.407 e. The molecule has 1 aromatic rings. The predicted octanol–water partition coefficient (Wildman–Crippen LogP) is 2.60. The topological polar surface area (TPSA) is 109 Å². The van der Waals surface area contributed by atoms with Gasteiger partial charge in [-0.15, -0.1) is 0 Å². The zero-order valence-electron chi connectivity index (χ0n) is 19.4. The molecule has 1 aromatic carbocycles. The summed E-state index contributed by atoms with van der Waals surface area (Å²) in [4.78, 5) is 49.5. The van der Waals surface area contributed by atoms with Crippen molar-refractivity contribution in [2.45, 2.75) is 65.3 Å². The van der Waals surface area contributed by atoms with Crippen LogP contribution < -0.4 is 10.8 Å². The first-order valence-electron chi connectivity index (χ1n) is 10.8. The number of urea groups is 1. The third-order valence-electron chi connectivity index (χ3n) is 4.58. The normalized spacial score (nSPS) is 17.7. The molecule has 2 atom stereocenters. The minimum atomic E-state index is -0.668. The number of nitrogens with one attached hydrogen (secondary N) is 2. The van der Waals surface area contributed by atoms with Crippen molar-refractivity contribution in [1.29, 1.82) is 0 Å². The molecular weight excluding hydrogens is 416 g/mol. The zero-order chi connectivity index (χ0) is 23.7. The summed E-state index contributed by atoms with van der Waals surface area (Å²) in [5.41, 5.74) is 2.73. The van der Waals surface area contributed by atoms with Gasteiger partial charge in [0.05, 0.1) is 19.2 Å². The molecule has 178 valence electrons. The molecule has 4 amide bonds. The molecule has 0 aromatic heterocycles. The number of benzene rings is 1. The van der Waals surface area contributed by atoms with E-state index in [-0.39, 0.29) is 31.8 Å². The van der Waals surface area contributed by atoms with Crippen LogP contribution >= 0.6 is 0 Å². The van der Waals surface area contributed by atoms with E-state index in [9.17, 15) is 14.4 Å². The number of likely N-dealkylation sites (N-methyl/N-ethyl adjacent to an activating group) is 1. The molecule has 0 bridgehead atoms. The second kappa shape index (κ2) is 11.7. The van der Waals surface area contributed by atoms with Crippen LogP contribution in [0.25, 0.3) is 0 Å². The minimum absolute atomic E-state index is 0.0457. The van der Waals surface area contributed by atoms with E-state index < -0.39 is 23.6 Å². The first kappa shape index (κ1) is 25.4. The highest BCUT2D eigenvalue weighted by Crippen LogP contribution is 2.18. The highest BCUT2D eigenvalue weighted by molar-refractivity contribution is 5.87. The molecule has 1 heterocycles. The predicted molar refractivity (Wildman–Crippen MR) is 117 cm³/mol. The molecule has 0 aliphatic carbocycles. The molecule has 0 unspecified atom stereocenters. The molecule has 1 fully saturated rings. The van der Waals surface area contributed by atoms with E-state index in [4.69, 9.17) is 14.4 Å². The average molecular weight is 451 g/mol. The summed E-state index contributed by atoms with van der Waals surface area (Å²) in [5.74, 6) is -0.424. The molecule has 32 heavy (non-hydrogen) atoms. The van der Waals surface area contributed by atoms with Gasteiger partial charge in [-0.25, -0.2) is 20.1 Å². The second-order valence-electron chi connectivity index (χ2n) is 8.56. The number of carbonyl (C=O) groups is 3. The fourth-order valence-electron chi connectivity index (χ4n) is 3.10. The van der Waals surface area contributed by atoms with Gasteiger partial charge in [-0.05, 0) is 46.6 Å². The Balaban J connectivity index is 1.78. The van der Waals surface area contributed by atoms with E-state index >= 15 is 0 Å². The van der Waals surface area contributed by atoms with Gasteiger partial charge in [0.25, 0.3) is 5.91 Å². The SMILES string of the molecule is CCN1C(=O)N(OCc2ccccc2)CC[C@H]1C(=O)NOC[C@H](C)NC(=O)OC(C)(C)C. The summed E-state index contributed by atoms with van der Waals surface area (Å²) in [5, 5.41) is 3.91. The van der Waals surface area contributed by atoms with E-state index in [1.54, 1.807) is 34.6 Å². The zero-order valence-corrected chi connectivity index (χ0v) is 19.4. The minimum Gasteiger partial charge on any atom is -0.444 e. The van der Waals surface area contributed by atoms with Gasteiger partial charge in [0.2, 0.25) is 0 Å². The van der Waals surface area contributed by atoms with Gasteiger partial charge in [-0.1, -0.05) is 30.3 Å². The van der Waals surface area contributed by atoms with Crippen LogP contribution in [-0.4, -0.2) is 65.4 Å². The van der Waals surface area contributed by atoms with Gasteiger partial charge >= 0.3 is 12.1 Å². The fraction of sp³-hybridized carbons (Fsp3) is 0.591. The van der Waals surface area contributed by atoms with Crippen molar-refractivity contribution in [1.82, 2.24) is 20.8 Å². The molecule has 1 saturated heterocycles. The fourth-order valence-corrected chi connectivity index (χ4v) is 3.10. The molecule has 2 rings (SSSR count). The van der Waals surface area contributed by atoms with E-state index in [0.717, 1.165) is 5.56 Å². The molecule has 0 saturated carbocycles. The Morgan fingerprint density at radius 2 is 1.91 bits per heavy atom. The summed E-state index contributed by atoms with van der Waals surface area (Å²) >= 11 is 0. The molecule has 0 radical (unpaired) electrons. The smallest absolute Gasteiger partial charge is 0.407 e. The number of hydroxylamine groups is 3. The number of alkyl carbamates (subject to hydrolysis) is 1. The van der Waals surface area contributed by atoms with Crippen LogP contribution in [0.3, 0.4) is 0 Å². The quantitative estimate of drug-likeness (QED) is 0.560. The summed E-state index contributed by atoms with van der Waals surface area (Å²) in [6.45, 7) is 9.78. The Kier molecular flexibility index (Phi) is 9.27. The Bertz CT molecular complexity index is 767. The van der Waals surface area contributed by atoms with Crippen LogP contribution in [0.2, 0.25) is 0 Å². The molecule has 10 nitrogen and oxygen atoms in total. The van der Waals surface area contributed by atoms with Gasteiger partial charge in [-0.2, -0.15) is 0 Å². The van der Waals surface area contributed by atoms with Crippen molar-refractivity contribution in [2.75, 3.05) is 19.7 Å². The lowest BCUT2D eigenvalue weighted by Crippen LogP contribution is -2.59. The summed E-state index contributed by atoms with van der Waals surface area (Å²) in [6, 6.07) is 8.12. The standard InChI is InChI=1S/C22H34N4O6/c1-6-25-18(12-13-26(21(25)29)31-15-17-10-8-7-9-11-17)19(27)24-30-14-16(2)23-20(28)32-22(3,4)5/h7-11,16,18H,6,12-15H2,1-5H3,(H,23,28)(H,24,27)/t16-,18-/m0/s1. The number of carbonyl (C=O) groups excluding carboxylic acids is 3. The molecule has 1 aliphatic heterocycles. The summed E-state index contributed by atoms with van der Waals surface area (Å²) < 4.78 is 5.18. The van der Waals surface area contributed by atoms with Crippen molar-refractivity contribution < 1.29 is 28.8 Å². The van der Waals surface area contributed by atoms with Crippen LogP contribution in [0.15, 0.2) is 30.3 Å². The number of amides is 4. The maximum atomic E-state index is 12.8. The first-order chi connectivity index (χ1) is 15.1.